The Balaban J connectivity index is 1.44. The van der Waals surface area contributed by atoms with Gasteiger partial charge >= 0.3 is 11.9 Å². The summed E-state index contributed by atoms with van der Waals surface area (Å²) in [6, 6.07) is 3.37. The van der Waals surface area contributed by atoms with Gasteiger partial charge in [-0.1, -0.05) is 19.9 Å². The number of cyclic esters (lactones) is 1. The molecule has 0 aromatic carbocycles. The van der Waals surface area contributed by atoms with Crippen LogP contribution in [0.15, 0.2) is 30.0 Å². The van der Waals surface area contributed by atoms with E-state index >= 15 is 0 Å². The standard InChI is InChI=1S/C28H37NO9/c1-11-9-12(2)28-15(10-17(34-5)27(33)36-21(11)14(4)30)23-24(35-23)18-19(28)20(31)13(3)22(25(18)38-28)37-26(32)16-7-6-8-29-16/h6-9,11,13-15,17-25,29-31H,10H2,1-5H3/t11-,13-,14-,15+,17+,18+,19+,20-,21+,22-,23+,24-,25-,28+/m1/s1. The van der Waals surface area contributed by atoms with Gasteiger partial charge < -0.3 is 38.9 Å². The van der Waals surface area contributed by atoms with Gasteiger partial charge in [0.2, 0.25) is 0 Å². The number of methoxy groups -OCH3 is 1. The summed E-state index contributed by atoms with van der Waals surface area (Å²) < 4.78 is 30.6. The van der Waals surface area contributed by atoms with Crippen LogP contribution in [-0.4, -0.2) is 88.7 Å². The van der Waals surface area contributed by atoms with Crippen LogP contribution in [-0.2, 0) is 28.5 Å². The molecule has 2 saturated heterocycles. The first-order valence-electron chi connectivity index (χ1n) is 13.6. The van der Waals surface area contributed by atoms with E-state index in [-0.39, 0.29) is 48.2 Å². The predicted molar refractivity (Wildman–Crippen MR) is 132 cm³/mol. The first kappa shape index (κ1) is 26.0. The Labute approximate surface area is 221 Å². The quantitative estimate of drug-likeness (QED) is 0.300. The van der Waals surface area contributed by atoms with Gasteiger partial charge in [-0.2, -0.15) is 0 Å². The fraction of sp³-hybridized carbons (Fsp3) is 0.714. The fourth-order valence-corrected chi connectivity index (χ4v) is 7.97. The highest BCUT2D eigenvalue weighted by Gasteiger charge is 2.79. The van der Waals surface area contributed by atoms with Crippen LogP contribution < -0.4 is 0 Å². The normalized spacial score (nSPS) is 48.2. The second-order valence-corrected chi connectivity index (χ2v) is 11.8. The lowest BCUT2D eigenvalue weighted by Crippen LogP contribution is -2.61. The Bertz CT molecular complexity index is 1120. The average Bonchev–Trinajstić information content (AvgIpc) is 3.36. The summed E-state index contributed by atoms with van der Waals surface area (Å²) in [7, 11) is 1.46. The minimum Gasteiger partial charge on any atom is -0.457 e. The third-order valence-electron chi connectivity index (χ3n) is 9.71. The number of hydrogen-bond donors (Lipinski definition) is 3. The number of carbonyl (C=O) groups excluding carboxylic acids is 2. The molecule has 3 N–H and O–H groups in total. The van der Waals surface area contributed by atoms with Gasteiger partial charge in [-0.25, -0.2) is 9.59 Å². The molecular weight excluding hydrogens is 494 g/mol. The molecule has 10 heteroatoms. The molecule has 14 atom stereocenters. The maximum atomic E-state index is 13.2. The van der Waals surface area contributed by atoms with Crippen molar-refractivity contribution in [3.63, 3.8) is 0 Å². The number of ether oxygens (including phenoxy) is 5. The van der Waals surface area contributed by atoms with Crippen LogP contribution in [0.2, 0.25) is 0 Å². The Hall–Kier alpha value is -2.24. The van der Waals surface area contributed by atoms with Crippen molar-refractivity contribution in [2.45, 2.75) is 88.5 Å². The topological polar surface area (TPSA) is 140 Å². The molecule has 4 heterocycles. The second kappa shape index (κ2) is 9.16. The molecule has 4 bridgehead atoms. The molecule has 5 aliphatic rings. The maximum Gasteiger partial charge on any atom is 0.355 e. The van der Waals surface area contributed by atoms with Gasteiger partial charge in [0.05, 0.1) is 24.4 Å². The number of rotatable bonds is 4. The third-order valence-corrected chi connectivity index (χ3v) is 9.71. The van der Waals surface area contributed by atoms with Crippen molar-refractivity contribution in [3.8, 4) is 0 Å². The lowest BCUT2D eigenvalue weighted by Gasteiger charge is -2.49. The van der Waals surface area contributed by atoms with Crippen molar-refractivity contribution in [1.29, 1.82) is 0 Å². The molecular formula is C28H37NO9. The van der Waals surface area contributed by atoms with Crippen LogP contribution in [0.4, 0.5) is 0 Å². The molecule has 1 aromatic heterocycles. The molecule has 0 unspecified atom stereocenters. The second-order valence-electron chi connectivity index (χ2n) is 11.8. The van der Waals surface area contributed by atoms with E-state index < -0.39 is 54.2 Å². The number of nitrogens with one attached hydrogen (secondary N) is 1. The highest BCUT2D eigenvalue weighted by molar-refractivity contribution is 5.87. The number of epoxide rings is 1. The number of carbonyl (C=O) groups is 2. The van der Waals surface area contributed by atoms with E-state index in [9.17, 15) is 19.8 Å². The van der Waals surface area contributed by atoms with E-state index in [2.05, 4.69) is 4.98 Å². The summed E-state index contributed by atoms with van der Waals surface area (Å²) in [5, 5.41) is 22.3. The Morgan fingerprint density at radius 2 is 2.03 bits per heavy atom. The number of aliphatic hydroxyl groups is 2. The SMILES string of the molecule is CO[C@H]1C[C@H]2[C@@H]3O[C@@H]3[C@H]3[C@H]4O[C@]2(C(C)=C[C@@H](C)[C@@H]([C@@H](C)O)OC1=O)[C@@H]3[C@H](O)[C@@H](C)[C@H]4OC(=O)c1ccc[nH]1. The lowest BCUT2D eigenvalue weighted by atomic mass is 9.55. The van der Waals surface area contributed by atoms with Crippen molar-refractivity contribution in [1.82, 2.24) is 4.98 Å². The zero-order chi connectivity index (χ0) is 27.1. The summed E-state index contributed by atoms with van der Waals surface area (Å²) in [6.45, 7) is 7.35. The summed E-state index contributed by atoms with van der Waals surface area (Å²) in [6.07, 6.45) is -1.01. The number of hydrogen-bond acceptors (Lipinski definition) is 9. The number of aliphatic hydroxyl groups excluding tert-OH is 2. The van der Waals surface area contributed by atoms with E-state index in [4.69, 9.17) is 23.7 Å². The van der Waals surface area contributed by atoms with Gasteiger partial charge in [0, 0.05) is 42.9 Å². The number of esters is 2. The van der Waals surface area contributed by atoms with Gasteiger partial charge in [-0.15, -0.1) is 0 Å². The lowest BCUT2D eigenvalue weighted by molar-refractivity contribution is -0.173. The fourth-order valence-electron chi connectivity index (χ4n) is 7.97. The highest BCUT2D eigenvalue weighted by atomic mass is 16.6. The Kier molecular flexibility index (Phi) is 6.27. The average molecular weight is 532 g/mol. The number of H-pyrrole nitrogens is 1. The van der Waals surface area contributed by atoms with Crippen LogP contribution >= 0.6 is 0 Å². The van der Waals surface area contributed by atoms with Gasteiger partial charge in [0.1, 0.15) is 29.6 Å². The molecule has 208 valence electrons. The molecule has 0 amide bonds. The monoisotopic (exact) mass is 531 g/mol. The minimum absolute atomic E-state index is 0.175. The summed E-state index contributed by atoms with van der Waals surface area (Å²) in [5.41, 5.74) is 0.267. The minimum atomic E-state index is -0.958. The zero-order valence-corrected chi connectivity index (χ0v) is 22.3. The van der Waals surface area contributed by atoms with E-state index in [1.54, 1.807) is 25.3 Å². The van der Waals surface area contributed by atoms with E-state index in [1.165, 1.54) is 7.11 Å². The van der Waals surface area contributed by atoms with Crippen molar-refractivity contribution in [2.24, 2.45) is 29.6 Å². The van der Waals surface area contributed by atoms with Crippen molar-refractivity contribution >= 4 is 11.9 Å². The first-order valence-corrected chi connectivity index (χ1v) is 13.6. The summed E-state index contributed by atoms with van der Waals surface area (Å²) in [4.78, 5) is 29.0. The van der Waals surface area contributed by atoms with Crippen LogP contribution in [0.1, 0.15) is 44.6 Å². The van der Waals surface area contributed by atoms with Gasteiger partial charge in [-0.3, -0.25) is 0 Å². The van der Waals surface area contributed by atoms with Crippen molar-refractivity contribution < 1.29 is 43.5 Å². The molecule has 1 aromatic rings. The van der Waals surface area contributed by atoms with Crippen LogP contribution in [0.5, 0.6) is 0 Å². The Morgan fingerprint density at radius 1 is 1.26 bits per heavy atom. The Morgan fingerprint density at radius 3 is 2.68 bits per heavy atom. The third kappa shape index (κ3) is 3.64. The molecule has 38 heavy (non-hydrogen) atoms. The predicted octanol–water partition coefficient (Wildman–Crippen LogP) is 1.61. The summed E-state index contributed by atoms with van der Waals surface area (Å²) in [5.74, 6) is -2.55. The van der Waals surface area contributed by atoms with Crippen molar-refractivity contribution in [3.05, 3.63) is 35.7 Å². The largest absolute Gasteiger partial charge is 0.457 e. The van der Waals surface area contributed by atoms with Crippen molar-refractivity contribution in [2.75, 3.05) is 7.11 Å². The molecule has 2 saturated carbocycles. The molecule has 3 aliphatic heterocycles. The molecule has 1 spiro atoms. The summed E-state index contributed by atoms with van der Waals surface area (Å²) >= 11 is 0. The van der Waals surface area contributed by atoms with E-state index in [0.717, 1.165) is 5.57 Å². The number of aromatic amines is 1. The molecule has 4 fully saturated rings. The van der Waals surface area contributed by atoms with Gasteiger partial charge in [0.25, 0.3) is 0 Å². The molecule has 0 radical (unpaired) electrons. The molecule has 6 rings (SSSR count). The van der Waals surface area contributed by atoms with Gasteiger partial charge in [0.15, 0.2) is 6.10 Å². The zero-order valence-electron chi connectivity index (χ0n) is 22.3. The van der Waals surface area contributed by atoms with E-state index in [1.807, 2.05) is 26.8 Å². The van der Waals surface area contributed by atoms with Crippen LogP contribution in [0, 0.1) is 29.6 Å². The number of fused-ring (bicyclic) bond motifs is 2. The molecule has 2 aliphatic carbocycles. The van der Waals surface area contributed by atoms with Gasteiger partial charge in [-0.05, 0) is 38.0 Å². The number of aromatic nitrogens is 1. The van der Waals surface area contributed by atoms with Crippen LogP contribution in [0.3, 0.4) is 0 Å². The smallest absolute Gasteiger partial charge is 0.355 e. The van der Waals surface area contributed by atoms with E-state index in [0.29, 0.717) is 5.69 Å². The first-order chi connectivity index (χ1) is 18.1. The molecule has 10 nitrogen and oxygen atoms in total. The highest BCUT2D eigenvalue weighted by Crippen LogP contribution is 2.68. The maximum absolute atomic E-state index is 13.2. The van der Waals surface area contributed by atoms with Crippen LogP contribution in [0.25, 0.3) is 0 Å².